The molecule has 2 aromatic rings. The predicted octanol–water partition coefficient (Wildman–Crippen LogP) is 4.85. The van der Waals surface area contributed by atoms with E-state index < -0.39 is 17.7 Å². The molecule has 1 heterocycles. The van der Waals surface area contributed by atoms with Crippen LogP contribution in [0.2, 0.25) is 0 Å². The molecule has 0 atom stereocenters. The SMILES string of the molecule is CCC(=Cc1ccc(-c2cc(OC)cc(C(F)(F)F)c2)o1)C(=O)O. The number of carboxylic acid groups (broad SMARTS) is 1. The number of hydrogen-bond donors (Lipinski definition) is 1. The highest BCUT2D eigenvalue weighted by Gasteiger charge is 2.31. The first kappa shape index (κ1) is 17.7. The number of benzene rings is 1. The zero-order chi connectivity index (χ0) is 17.9. The van der Waals surface area contributed by atoms with E-state index in [1.54, 1.807) is 6.92 Å². The van der Waals surface area contributed by atoms with Crippen molar-refractivity contribution in [2.75, 3.05) is 7.11 Å². The van der Waals surface area contributed by atoms with Crippen LogP contribution in [0.5, 0.6) is 5.75 Å². The Morgan fingerprint density at radius 2 is 2.00 bits per heavy atom. The summed E-state index contributed by atoms with van der Waals surface area (Å²) in [6, 6.07) is 6.25. The molecule has 0 saturated carbocycles. The van der Waals surface area contributed by atoms with Crippen molar-refractivity contribution < 1.29 is 32.2 Å². The molecule has 0 bridgehead atoms. The van der Waals surface area contributed by atoms with Crippen LogP contribution in [0.4, 0.5) is 13.2 Å². The lowest BCUT2D eigenvalue weighted by atomic mass is 10.1. The number of carbonyl (C=O) groups is 1. The Bertz CT molecular complexity index is 772. The summed E-state index contributed by atoms with van der Waals surface area (Å²) in [5.41, 5.74) is -0.530. The molecule has 4 nitrogen and oxygen atoms in total. The maximum atomic E-state index is 13.0. The van der Waals surface area contributed by atoms with Crippen molar-refractivity contribution in [1.29, 1.82) is 0 Å². The zero-order valence-electron chi connectivity index (χ0n) is 13.0. The number of aliphatic carboxylic acids is 1. The van der Waals surface area contributed by atoms with Crippen LogP contribution in [0.15, 0.2) is 40.3 Å². The van der Waals surface area contributed by atoms with Gasteiger partial charge < -0.3 is 14.3 Å². The molecule has 128 valence electrons. The molecule has 0 fully saturated rings. The van der Waals surface area contributed by atoms with Crippen LogP contribution in [-0.2, 0) is 11.0 Å². The van der Waals surface area contributed by atoms with E-state index in [9.17, 15) is 18.0 Å². The number of methoxy groups -OCH3 is 1. The van der Waals surface area contributed by atoms with Crippen LogP contribution in [0, 0.1) is 0 Å². The van der Waals surface area contributed by atoms with Gasteiger partial charge in [-0.3, -0.25) is 0 Å². The normalized spacial score (nSPS) is 12.3. The second kappa shape index (κ2) is 6.82. The maximum Gasteiger partial charge on any atom is 0.416 e. The highest BCUT2D eigenvalue weighted by atomic mass is 19.4. The number of furan rings is 1. The van der Waals surface area contributed by atoms with Crippen molar-refractivity contribution in [3.05, 3.63) is 47.2 Å². The van der Waals surface area contributed by atoms with Gasteiger partial charge in [0.2, 0.25) is 0 Å². The Labute approximate surface area is 136 Å². The Kier molecular flexibility index (Phi) is 5.02. The van der Waals surface area contributed by atoms with Crippen LogP contribution in [0.25, 0.3) is 17.4 Å². The average Bonchev–Trinajstić information content (AvgIpc) is 2.99. The quantitative estimate of drug-likeness (QED) is 0.790. The first-order valence-electron chi connectivity index (χ1n) is 7.05. The molecule has 1 aromatic heterocycles. The molecule has 2 rings (SSSR count). The van der Waals surface area contributed by atoms with Gasteiger partial charge in [0, 0.05) is 11.1 Å². The van der Waals surface area contributed by atoms with E-state index in [4.69, 9.17) is 14.3 Å². The van der Waals surface area contributed by atoms with Gasteiger partial charge in [-0.1, -0.05) is 6.92 Å². The average molecular weight is 340 g/mol. The van der Waals surface area contributed by atoms with Gasteiger partial charge in [0.15, 0.2) is 0 Å². The third-order valence-electron chi connectivity index (χ3n) is 3.35. The predicted molar refractivity (Wildman–Crippen MR) is 81.6 cm³/mol. The Morgan fingerprint density at radius 3 is 2.54 bits per heavy atom. The molecule has 1 aromatic carbocycles. The molecule has 0 aliphatic heterocycles. The molecule has 7 heteroatoms. The number of carboxylic acids is 1. The summed E-state index contributed by atoms with van der Waals surface area (Å²) in [6.07, 6.45) is -2.88. The molecule has 0 amide bonds. The zero-order valence-corrected chi connectivity index (χ0v) is 13.0. The first-order chi connectivity index (χ1) is 11.2. The number of ether oxygens (including phenoxy) is 1. The van der Waals surface area contributed by atoms with Crippen LogP contribution in [-0.4, -0.2) is 18.2 Å². The summed E-state index contributed by atoms with van der Waals surface area (Å²) in [5.74, 6) is -0.587. The number of rotatable bonds is 5. The van der Waals surface area contributed by atoms with Gasteiger partial charge in [-0.25, -0.2) is 4.79 Å². The summed E-state index contributed by atoms with van der Waals surface area (Å²) < 4.78 is 49.2. The Balaban J connectivity index is 2.45. The van der Waals surface area contributed by atoms with Crippen LogP contribution < -0.4 is 4.74 Å². The lowest BCUT2D eigenvalue weighted by molar-refractivity contribution is -0.137. The van der Waals surface area contributed by atoms with E-state index in [1.165, 1.54) is 31.4 Å². The third kappa shape index (κ3) is 3.98. The van der Waals surface area contributed by atoms with E-state index >= 15 is 0 Å². The van der Waals surface area contributed by atoms with Gasteiger partial charge in [-0.05, 0) is 42.8 Å². The van der Waals surface area contributed by atoms with Crippen molar-refractivity contribution in [3.8, 4) is 17.1 Å². The number of halogens is 3. The fourth-order valence-corrected chi connectivity index (χ4v) is 2.10. The first-order valence-corrected chi connectivity index (χ1v) is 7.05. The van der Waals surface area contributed by atoms with Crippen molar-refractivity contribution in [3.63, 3.8) is 0 Å². The second-order valence-electron chi connectivity index (χ2n) is 4.98. The van der Waals surface area contributed by atoms with Crippen molar-refractivity contribution >= 4 is 12.0 Å². The van der Waals surface area contributed by atoms with Gasteiger partial charge in [-0.15, -0.1) is 0 Å². The highest BCUT2D eigenvalue weighted by molar-refractivity contribution is 5.91. The molecule has 0 aliphatic carbocycles. The van der Waals surface area contributed by atoms with E-state index in [1.807, 2.05) is 0 Å². The summed E-state index contributed by atoms with van der Waals surface area (Å²) in [4.78, 5) is 11.0. The van der Waals surface area contributed by atoms with Crippen molar-refractivity contribution in [1.82, 2.24) is 0 Å². The molecule has 0 aliphatic rings. The maximum absolute atomic E-state index is 13.0. The molecular weight excluding hydrogens is 325 g/mol. The smallest absolute Gasteiger partial charge is 0.416 e. The molecule has 24 heavy (non-hydrogen) atoms. The molecule has 0 saturated heterocycles. The molecule has 1 N–H and O–H groups in total. The third-order valence-corrected chi connectivity index (χ3v) is 3.35. The van der Waals surface area contributed by atoms with E-state index in [-0.39, 0.29) is 28.4 Å². The topological polar surface area (TPSA) is 59.7 Å². The molecule has 0 unspecified atom stereocenters. The summed E-state index contributed by atoms with van der Waals surface area (Å²) >= 11 is 0. The Hall–Kier alpha value is -2.70. The Morgan fingerprint density at radius 1 is 1.29 bits per heavy atom. The lowest BCUT2D eigenvalue weighted by Gasteiger charge is -2.10. The fraction of sp³-hybridized carbons (Fsp3) is 0.235. The van der Waals surface area contributed by atoms with Gasteiger partial charge in [-0.2, -0.15) is 13.2 Å². The minimum absolute atomic E-state index is 0.0492. The molecular formula is C17H15F3O4. The van der Waals surface area contributed by atoms with Gasteiger partial charge in [0.25, 0.3) is 0 Å². The molecule has 0 spiro atoms. The summed E-state index contributed by atoms with van der Waals surface area (Å²) in [6.45, 7) is 1.68. The second-order valence-corrected chi connectivity index (χ2v) is 4.98. The highest BCUT2D eigenvalue weighted by Crippen LogP contribution is 2.36. The summed E-state index contributed by atoms with van der Waals surface area (Å²) in [5, 5.41) is 9.00. The van der Waals surface area contributed by atoms with Crippen LogP contribution in [0.3, 0.4) is 0 Å². The fourth-order valence-electron chi connectivity index (χ4n) is 2.10. The van der Waals surface area contributed by atoms with Gasteiger partial charge in [0.05, 0.1) is 12.7 Å². The van der Waals surface area contributed by atoms with Crippen LogP contribution >= 0.6 is 0 Å². The van der Waals surface area contributed by atoms with Crippen LogP contribution in [0.1, 0.15) is 24.7 Å². The molecule has 0 radical (unpaired) electrons. The minimum Gasteiger partial charge on any atom is -0.497 e. The van der Waals surface area contributed by atoms with Gasteiger partial charge in [0.1, 0.15) is 17.3 Å². The monoisotopic (exact) mass is 340 g/mol. The van der Waals surface area contributed by atoms with E-state index in [0.29, 0.717) is 6.42 Å². The largest absolute Gasteiger partial charge is 0.497 e. The standard InChI is InChI=1S/C17H15F3O4/c1-3-10(16(21)22)7-13-4-5-15(24-13)11-6-12(17(18,19)20)9-14(8-11)23-2/h4-9H,3H2,1-2H3,(H,21,22). The van der Waals surface area contributed by atoms with Crippen molar-refractivity contribution in [2.45, 2.75) is 19.5 Å². The number of alkyl halides is 3. The number of hydrogen-bond acceptors (Lipinski definition) is 3. The lowest BCUT2D eigenvalue weighted by Crippen LogP contribution is -2.05. The van der Waals surface area contributed by atoms with E-state index in [0.717, 1.165) is 12.1 Å². The van der Waals surface area contributed by atoms with Gasteiger partial charge >= 0.3 is 12.1 Å². The summed E-state index contributed by atoms with van der Waals surface area (Å²) in [7, 11) is 1.27. The minimum atomic E-state index is -4.52. The van der Waals surface area contributed by atoms with Crippen molar-refractivity contribution in [2.24, 2.45) is 0 Å². The van der Waals surface area contributed by atoms with E-state index in [2.05, 4.69) is 0 Å².